The maximum absolute atomic E-state index is 12.9. The maximum Gasteiger partial charge on any atom is 0.472 e. The molecule has 2 saturated heterocycles. The van der Waals surface area contributed by atoms with Crippen molar-refractivity contribution in [1.29, 1.82) is 0 Å². The number of nitrogens with two attached hydrogens (primary N) is 2. The number of aliphatic hydroxyl groups is 4. The third-order valence-corrected chi connectivity index (χ3v) is 7.79. The van der Waals surface area contributed by atoms with Crippen molar-refractivity contribution in [3.8, 4) is 0 Å². The molecule has 0 aromatic carbocycles. The molecular formula is C20H25N10O10P. The molecule has 20 nitrogen and oxygen atoms in total. The number of phosphoric ester groups is 1. The van der Waals surface area contributed by atoms with Crippen molar-refractivity contribution in [2.45, 2.75) is 49.1 Å². The van der Waals surface area contributed by atoms with Gasteiger partial charge in [-0.15, -0.1) is 0 Å². The highest BCUT2D eigenvalue weighted by Crippen LogP contribution is 2.49. The summed E-state index contributed by atoms with van der Waals surface area (Å²) >= 11 is 0. The number of hydrogen-bond donors (Lipinski definition) is 7. The van der Waals surface area contributed by atoms with E-state index in [4.69, 9.17) is 30.0 Å². The van der Waals surface area contributed by atoms with E-state index >= 15 is 0 Å². The summed E-state index contributed by atoms with van der Waals surface area (Å²) in [5.41, 5.74) is 12.5. The molecule has 21 heteroatoms. The minimum absolute atomic E-state index is 0.0864. The lowest BCUT2D eigenvalue weighted by molar-refractivity contribution is -0.0585. The molecule has 0 amide bonds. The van der Waals surface area contributed by atoms with Crippen molar-refractivity contribution in [2.75, 3.05) is 24.7 Å². The van der Waals surface area contributed by atoms with E-state index in [0.717, 1.165) is 0 Å². The lowest BCUT2D eigenvalue weighted by atomic mass is 10.1. The normalized spacial score (nSPS) is 31.7. The van der Waals surface area contributed by atoms with Gasteiger partial charge in [-0.1, -0.05) is 0 Å². The van der Waals surface area contributed by atoms with E-state index in [9.17, 15) is 29.9 Å². The topological polar surface area (TPSA) is 294 Å². The first-order valence-corrected chi connectivity index (χ1v) is 13.6. The molecule has 9 atom stereocenters. The predicted octanol–water partition coefficient (Wildman–Crippen LogP) is -2.80. The van der Waals surface area contributed by atoms with E-state index in [1.165, 1.54) is 34.4 Å². The summed E-state index contributed by atoms with van der Waals surface area (Å²) in [6, 6.07) is 0. The lowest BCUT2D eigenvalue weighted by Crippen LogP contribution is -2.36. The van der Waals surface area contributed by atoms with Crippen LogP contribution in [0.15, 0.2) is 25.3 Å². The number of nitrogen functional groups attached to an aromatic ring is 2. The highest BCUT2D eigenvalue weighted by Gasteiger charge is 2.50. The molecule has 41 heavy (non-hydrogen) atoms. The van der Waals surface area contributed by atoms with Crippen molar-refractivity contribution in [1.82, 2.24) is 39.0 Å². The van der Waals surface area contributed by atoms with Crippen molar-refractivity contribution in [3.63, 3.8) is 0 Å². The number of ether oxygens (including phenoxy) is 2. The summed E-state index contributed by atoms with van der Waals surface area (Å²) in [5, 5.41) is 41.8. The summed E-state index contributed by atoms with van der Waals surface area (Å²) in [4.78, 5) is 34.4. The number of aliphatic hydroxyl groups excluding tert-OH is 4. The highest BCUT2D eigenvalue weighted by atomic mass is 31.2. The minimum Gasteiger partial charge on any atom is -0.394 e. The van der Waals surface area contributed by atoms with Gasteiger partial charge in [0.1, 0.15) is 60.3 Å². The summed E-state index contributed by atoms with van der Waals surface area (Å²) in [6.45, 7) is -1.39. The first-order valence-electron chi connectivity index (χ1n) is 12.1. The summed E-state index contributed by atoms with van der Waals surface area (Å²) in [5.74, 6) is 0.184. The van der Waals surface area contributed by atoms with E-state index in [-0.39, 0.29) is 34.0 Å². The zero-order chi connectivity index (χ0) is 29.1. The zero-order valence-corrected chi connectivity index (χ0v) is 21.7. The number of rotatable bonds is 8. The molecule has 1 unspecified atom stereocenters. The highest BCUT2D eigenvalue weighted by molar-refractivity contribution is 7.47. The van der Waals surface area contributed by atoms with Crippen LogP contribution in [0.3, 0.4) is 0 Å². The lowest BCUT2D eigenvalue weighted by Gasteiger charge is -2.23. The number of fused-ring (bicyclic) bond motifs is 2. The molecule has 4 aromatic rings. The van der Waals surface area contributed by atoms with Gasteiger partial charge < -0.3 is 46.3 Å². The van der Waals surface area contributed by atoms with Gasteiger partial charge in [-0.25, -0.2) is 34.5 Å². The van der Waals surface area contributed by atoms with E-state index in [0.29, 0.717) is 0 Å². The van der Waals surface area contributed by atoms with Crippen LogP contribution in [0.4, 0.5) is 11.6 Å². The molecule has 0 saturated carbocycles. The van der Waals surface area contributed by atoms with Gasteiger partial charge in [-0.2, -0.15) is 0 Å². The Bertz CT molecular complexity index is 1620. The van der Waals surface area contributed by atoms with E-state index < -0.39 is 70.1 Å². The third-order valence-electron chi connectivity index (χ3n) is 6.81. The SMILES string of the molecule is Nc1ncnc2c1ncn2[C@@H]1O[C@H](COP(=O)(O)O[C@H]2[C@@H](O)[C@@H](n3cnc4c(N)ncnc43)O[C@H]2CO)[C@H](O)[C@@H]1O. The van der Waals surface area contributed by atoms with Gasteiger partial charge in [0.2, 0.25) is 0 Å². The Morgan fingerprint density at radius 3 is 1.93 bits per heavy atom. The number of phosphoric acid groups is 1. The number of imidazole rings is 2. The zero-order valence-electron chi connectivity index (χ0n) is 20.8. The van der Waals surface area contributed by atoms with Crippen LogP contribution >= 0.6 is 7.82 Å². The number of hydrogen-bond acceptors (Lipinski definition) is 17. The summed E-state index contributed by atoms with van der Waals surface area (Å²) < 4.78 is 37.1. The molecule has 9 N–H and O–H groups in total. The molecule has 0 spiro atoms. The number of anilines is 2. The second kappa shape index (κ2) is 10.4. The van der Waals surface area contributed by atoms with Gasteiger partial charge >= 0.3 is 7.82 Å². The Labute approximate surface area is 228 Å². The van der Waals surface area contributed by atoms with Crippen molar-refractivity contribution < 1.29 is 48.4 Å². The third kappa shape index (κ3) is 4.78. The molecule has 2 aliphatic rings. The van der Waals surface area contributed by atoms with Crippen molar-refractivity contribution >= 4 is 41.8 Å². The number of aromatic nitrogens is 8. The Morgan fingerprint density at radius 1 is 0.829 bits per heavy atom. The Hall–Kier alpha value is -3.43. The average molecular weight is 596 g/mol. The van der Waals surface area contributed by atoms with Crippen LogP contribution in [0.25, 0.3) is 22.3 Å². The van der Waals surface area contributed by atoms with Gasteiger partial charge in [0.05, 0.1) is 25.9 Å². The van der Waals surface area contributed by atoms with E-state index in [2.05, 4.69) is 29.9 Å². The van der Waals surface area contributed by atoms with Gasteiger partial charge in [-0.3, -0.25) is 18.2 Å². The molecular weight excluding hydrogens is 571 g/mol. The fraction of sp³-hybridized carbons (Fsp3) is 0.500. The molecule has 0 aliphatic carbocycles. The molecule has 6 rings (SSSR count). The van der Waals surface area contributed by atoms with Crippen LogP contribution in [-0.4, -0.2) is 114 Å². The fourth-order valence-electron chi connectivity index (χ4n) is 4.79. The van der Waals surface area contributed by atoms with Crippen LogP contribution < -0.4 is 11.5 Å². The second-order valence-corrected chi connectivity index (χ2v) is 10.7. The Kier molecular flexibility index (Phi) is 7.06. The van der Waals surface area contributed by atoms with Gasteiger partial charge in [-0.05, 0) is 0 Å². The van der Waals surface area contributed by atoms with E-state index in [1.54, 1.807) is 0 Å². The summed E-state index contributed by atoms with van der Waals surface area (Å²) in [7, 11) is -4.96. The van der Waals surface area contributed by atoms with Crippen LogP contribution in [-0.2, 0) is 23.1 Å². The first-order chi connectivity index (χ1) is 19.6. The van der Waals surface area contributed by atoms with Crippen molar-refractivity contribution in [3.05, 3.63) is 25.3 Å². The quantitative estimate of drug-likeness (QED) is 0.101. The Balaban J connectivity index is 1.14. The minimum atomic E-state index is -4.96. The maximum atomic E-state index is 12.9. The predicted molar refractivity (Wildman–Crippen MR) is 133 cm³/mol. The second-order valence-electron chi connectivity index (χ2n) is 9.28. The molecule has 0 radical (unpaired) electrons. The van der Waals surface area contributed by atoms with Crippen LogP contribution in [0.2, 0.25) is 0 Å². The van der Waals surface area contributed by atoms with Crippen molar-refractivity contribution in [2.24, 2.45) is 0 Å². The smallest absolute Gasteiger partial charge is 0.394 e. The molecule has 220 valence electrons. The standard InChI is InChI=1S/C20H25N10O10P/c21-15-9-17(25-3-23-15)29(5-27-9)19-12(33)11(32)8(39-19)2-37-41(35,36)40-14-7(1-31)38-20(13(14)34)30-6-28-10-16(22)24-4-26-18(10)30/h3-8,11-14,19-20,31-34H,1-2H2,(H,35,36)(H2,21,23,25)(H2,22,24,26)/t7-,8+,11-,12-,13+,14+,19+,20-/m0/s1. The van der Waals surface area contributed by atoms with Gasteiger partial charge in [0.15, 0.2) is 35.4 Å². The molecule has 2 aliphatic heterocycles. The largest absolute Gasteiger partial charge is 0.472 e. The first kappa shape index (κ1) is 27.7. The van der Waals surface area contributed by atoms with Gasteiger partial charge in [0.25, 0.3) is 0 Å². The van der Waals surface area contributed by atoms with Crippen LogP contribution in [0.1, 0.15) is 12.5 Å². The average Bonchev–Trinajstić information content (AvgIpc) is 3.70. The fourth-order valence-corrected chi connectivity index (χ4v) is 5.75. The Morgan fingerprint density at radius 2 is 1.37 bits per heavy atom. The monoisotopic (exact) mass is 596 g/mol. The molecule has 6 heterocycles. The molecule has 0 bridgehead atoms. The van der Waals surface area contributed by atoms with Gasteiger partial charge in [0, 0.05) is 0 Å². The molecule has 4 aromatic heterocycles. The molecule has 2 fully saturated rings. The van der Waals surface area contributed by atoms with E-state index in [1.807, 2.05) is 0 Å². The van der Waals surface area contributed by atoms with Crippen LogP contribution in [0, 0.1) is 0 Å². The number of nitrogens with zero attached hydrogens (tertiary/aromatic N) is 8. The summed E-state index contributed by atoms with van der Waals surface area (Å²) in [6.07, 6.45) is -6.18. The van der Waals surface area contributed by atoms with Crippen LogP contribution in [0.5, 0.6) is 0 Å².